The van der Waals surface area contributed by atoms with E-state index in [2.05, 4.69) is 43.5 Å². The largest absolute Gasteiger partial charge is 0.494 e. The van der Waals surface area contributed by atoms with Gasteiger partial charge in [-0.2, -0.15) is 0 Å². The summed E-state index contributed by atoms with van der Waals surface area (Å²) in [6, 6.07) is 16.3. The van der Waals surface area contributed by atoms with E-state index in [-0.39, 0.29) is 0 Å². The maximum Gasteiger partial charge on any atom is 0.119 e. The molecule has 26 heavy (non-hydrogen) atoms. The van der Waals surface area contributed by atoms with Gasteiger partial charge in [-0.05, 0) is 67.3 Å². The van der Waals surface area contributed by atoms with Gasteiger partial charge in [0.1, 0.15) is 11.5 Å². The summed E-state index contributed by atoms with van der Waals surface area (Å²) in [5.74, 6) is 2.52. The van der Waals surface area contributed by atoms with Crippen molar-refractivity contribution in [3.05, 3.63) is 48.5 Å². The molecule has 0 saturated heterocycles. The minimum Gasteiger partial charge on any atom is -0.494 e. The second-order valence-corrected chi connectivity index (χ2v) is 6.78. The molecule has 2 aromatic rings. The van der Waals surface area contributed by atoms with E-state index in [0.717, 1.165) is 62.0 Å². The Hall–Kier alpha value is -2.36. The lowest BCUT2D eigenvalue weighted by Crippen LogP contribution is -2.13. The lowest BCUT2D eigenvalue weighted by molar-refractivity contribution is 0.289. The van der Waals surface area contributed by atoms with Crippen molar-refractivity contribution in [3.63, 3.8) is 0 Å². The predicted molar refractivity (Wildman–Crippen MR) is 111 cm³/mol. The summed E-state index contributed by atoms with van der Waals surface area (Å²) >= 11 is 0. The van der Waals surface area contributed by atoms with Gasteiger partial charge in [0.25, 0.3) is 0 Å². The summed E-state index contributed by atoms with van der Waals surface area (Å²) in [7, 11) is 0. The SMILES string of the molecule is CCCOc1ccc(NCCNc2ccc(OCCC(C)C)cc2)cc1. The summed E-state index contributed by atoms with van der Waals surface area (Å²) in [4.78, 5) is 0. The minimum atomic E-state index is 0.670. The fraction of sp³-hybridized carbons (Fsp3) is 0.455. The third kappa shape index (κ3) is 7.68. The Morgan fingerprint density at radius 1 is 0.731 bits per heavy atom. The van der Waals surface area contributed by atoms with Gasteiger partial charge in [0, 0.05) is 24.5 Å². The smallest absolute Gasteiger partial charge is 0.119 e. The summed E-state index contributed by atoms with van der Waals surface area (Å²) in [5, 5.41) is 6.82. The van der Waals surface area contributed by atoms with Crippen LogP contribution < -0.4 is 20.1 Å². The van der Waals surface area contributed by atoms with Crippen LogP contribution in [0.2, 0.25) is 0 Å². The van der Waals surface area contributed by atoms with Crippen LogP contribution in [0.1, 0.15) is 33.6 Å². The van der Waals surface area contributed by atoms with Crippen LogP contribution >= 0.6 is 0 Å². The van der Waals surface area contributed by atoms with Crippen molar-refractivity contribution in [2.75, 3.05) is 36.9 Å². The molecule has 0 aliphatic carbocycles. The van der Waals surface area contributed by atoms with Gasteiger partial charge in [-0.15, -0.1) is 0 Å². The van der Waals surface area contributed by atoms with E-state index in [1.807, 2.05) is 36.4 Å². The number of nitrogens with one attached hydrogen (secondary N) is 2. The van der Waals surface area contributed by atoms with Crippen LogP contribution in [-0.2, 0) is 0 Å². The molecule has 142 valence electrons. The summed E-state index contributed by atoms with van der Waals surface area (Å²) in [6.45, 7) is 9.76. The van der Waals surface area contributed by atoms with Crippen LogP contribution in [0.5, 0.6) is 11.5 Å². The van der Waals surface area contributed by atoms with Crippen LogP contribution in [0.4, 0.5) is 11.4 Å². The van der Waals surface area contributed by atoms with Crippen molar-refractivity contribution in [1.82, 2.24) is 0 Å². The van der Waals surface area contributed by atoms with E-state index in [9.17, 15) is 0 Å². The highest BCUT2D eigenvalue weighted by Crippen LogP contribution is 2.17. The molecule has 0 fully saturated rings. The third-order valence-corrected chi connectivity index (χ3v) is 3.93. The molecule has 4 nitrogen and oxygen atoms in total. The van der Waals surface area contributed by atoms with Gasteiger partial charge in [-0.25, -0.2) is 0 Å². The molecule has 2 aromatic carbocycles. The minimum absolute atomic E-state index is 0.670. The Kier molecular flexibility index (Phi) is 8.67. The number of rotatable bonds is 12. The van der Waals surface area contributed by atoms with E-state index >= 15 is 0 Å². The Morgan fingerprint density at radius 2 is 1.19 bits per heavy atom. The van der Waals surface area contributed by atoms with Crippen LogP contribution in [-0.4, -0.2) is 26.3 Å². The second kappa shape index (κ2) is 11.3. The first kappa shape index (κ1) is 20.0. The monoisotopic (exact) mass is 356 g/mol. The summed E-state index contributed by atoms with van der Waals surface area (Å²) in [6.07, 6.45) is 2.11. The summed E-state index contributed by atoms with van der Waals surface area (Å²) < 4.78 is 11.3. The zero-order chi connectivity index (χ0) is 18.6. The molecule has 0 amide bonds. The number of ether oxygens (including phenoxy) is 2. The van der Waals surface area contributed by atoms with Crippen molar-refractivity contribution in [2.45, 2.75) is 33.6 Å². The average molecular weight is 357 g/mol. The van der Waals surface area contributed by atoms with E-state index in [0.29, 0.717) is 5.92 Å². The fourth-order valence-electron chi connectivity index (χ4n) is 2.38. The predicted octanol–water partition coefficient (Wildman–Crippen LogP) is 5.42. The molecule has 0 spiro atoms. The van der Waals surface area contributed by atoms with E-state index in [1.165, 1.54) is 0 Å². The highest BCUT2D eigenvalue weighted by molar-refractivity contribution is 5.48. The Balaban J connectivity index is 1.64. The molecule has 2 N–H and O–H groups in total. The Morgan fingerprint density at radius 3 is 1.62 bits per heavy atom. The maximum absolute atomic E-state index is 5.74. The van der Waals surface area contributed by atoms with Gasteiger partial charge in [0.05, 0.1) is 13.2 Å². The first-order valence-corrected chi connectivity index (χ1v) is 9.61. The first-order valence-electron chi connectivity index (χ1n) is 9.61. The average Bonchev–Trinajstić information content (AvgIpc) is 2.65. The van der Waals surface area contributed by atoms with E-state index < -0.39 is 0 Å². The molecule has 0 unspecified atom stereocenters. The Bertz CT molecular complexity index is 609. The van der Waals surface area contributed by atoms with Gasteiger partial charge in [0.15, 0.2) is 0 Å². The normalized spacial score (nSPS) is 10.6. The zero-order valence-corrected chi connectivity index (χ0v) is 16.3. The standard InChI is InChI=1S/C22H32N2O2/c1-4-16-25-21-9-5-19(6-10-21)23-14-15-24-20-7-11-22(12-8-20)26-17-13-18(2)3/h5-12,18,23-24H,4,13-17H2,1-3H3. The molecule has 0 heterocycles. The molecule has 0 atom stereocenters. The lowest BCUT2D eigenvalue weighted by Gasteiger charge is -2.11. The van der Waals surface area contributed by atoms with Gasteiger partial charge >= 0.3 is 0 Å². The molecule has 0 aromatic heterocycles. The molecule has 0 bridgehead atoms. The van der Waals surface area contributed by atoms with Crippen molar-refractivity contribution in [2.24, 2.45) is 5.92 Å². The van der Waals surface area contributed by atoms with E-state index in [1.54, 1.807) is 0 Å². The van der Waals surface area contributed by atoms with E-state index in [4.69, 9.17) is 9.47 Å². The Labute approximate surface area is 157 Å². The van der Waals surface area contributed by atoms with Crippen LogP contribution in [0.25, 0.3) is 0 Å². The molecule has 4 heteroatoms. The topological polar surface area (TPSA) is 42.5 Å². The van der Waals surface area contributed by atoms with Crippen molar-refractivity contribution >= 4 is 11.4 Å². The van der Waals surface area contributed by atoms with Crippen molar-refractivity contribution in [3.8, 4) is 11.5 Å². The second-order valence-electron chi connectivity index (χ2n) is 6.78. The molecular formula is C22H32N2O2. The molecular weight excluding hydrogens is 324 g/mol. The van der Waals surface area contributed by atoms with Gasteiger partial charge in [-0.1, -0.05) is 20.8 Å². The van der Waals surface area contributed by atoms with Gasteiger partial charge < -0.3 is 20.1 Å². The molecule has 0 aliphatic rings. The fourth-order valence-corrected chi connectivity index (χ4v) is 2.38. The van der Waals surface area contributed by atoms with Crippen molar-refractivity contribution < 1.29 is 9.47 Å². The highest BCUT2D eigenvalue weighted by atomic mass is 16.5. The van der Waals surface area contributed by atoms with Crippen LogP contribution in [0.15, 0.2) is 48.5 Å². The quantitative estimate of drug-likeness (QED) is 0.498. The van der Waals surface area contributed by atoms with Crippen LogP contribution in [0.3, 0.4) is 0 Å². The van der Waals surface area contributed by atoms with Gasteiger partial charge in [-0.3, -0.25) is 0 Å². The number of anilines is 2. The molecule has 0 aliphatic heterocycles. The molecule has 0 radical (unpaired) electrons. The summed E-state index contributed by atoms with van der Waals surface area (Å²) in [5.41, 5.74) is 2.20. The van der Waals surface area contributed by atoms with Gasteiger partial charge in [0.2, 0.25) is 0 Å². The number of hydrogen-bond acceptors (Lipinski definition) is 4. The lowest BCUT2D eigenvalue weighted by atomic mass is 10.1. The maximum atomic E-state index is 5.74. The zero-order valence-electron chi connectivity index (χ0n) is 16.3. The molecule has 2 rings (SSSR count). The first-order chi connectivity index (χ1) is 12.7. The highest BCUT2D eigenvalue weighted by Gasteiger charge is 1.98. The third-order valence-electron chi connectivity index (χ3n) is 3.93. The number of benzene rings is 2. The van der Waals surface area contributed by atoms with Crippen LogP contribution in [0, 0.1) is 5.92 Å². The molecule has 0 saturated carbocycles. The number of hydrogen-bond donors (Lipinski definition) is 2. The van der Waals surface area contributed by atoms with Crippen molar-refractivity contribution in [1.29, 1.82) is 0 Å².